The Bertz CT molecular complexity index is 604. The van der Waals surface area contributed by atoms with Gasteiger partial charge in [-0.3, -0.25) is 4.68 Å². The van der Waals surface area contributed by atoms with E-state index >= 15 is 0 Å². The molecule has 4 nitrogen and oxygen atoms in total. The molecule has 114 valence electrons. The molecule has 1 heterocycles. The monoisotopic (exact) mass is 287 g/mol. The van der Waals surface area contributed by atoms with Crippen molar-refractivity contribution in [2.24, 2.45) is 7.05 Å². The van der Waals surface area contributed by atoms with Crippen LogP contribution in [0.2, 0.25) is 0 Å². The largest absolute Gasteiger partial charge is 0.392 e. The van der Waals surface area contributed by atoms with Crippen LogP contribution in [0.4, 0.5) is 0 Å². The molecular weight excluding hydrogens is 262 g/mol. The number of hydrogen-bond acceptors (Lipinski definition) is 3. The van der Waals surface area contributed by atoms with Gasteiger partial charge in [0.1, 0.15) is 0 Å². The molecule has 2 rings (SSSR count). The molecule has 0 aliphatic heterocycles. The predicted octanol–water partition coefficient (Wildman–Crippen LogP) is 2.77. The molecule has 1 aromatic heterocycles. The van der Waals surface area contributed by atoms with E-state index in [1.54, 1.807) is 0 Å². The molecule has 0 saturated carbocycles. The SMILES string of the molecule is CCC(NCc1ccccc1CO)c1c(C)nn(C)c1C. The van der Waals surface area contributed by atoms with E-state index in [-0.39, 0.29) is 12.6 Å². The Morgan fingerprint density at radius 3 is 2.43 bits per heavy atom. The lowest BCUT2D eigenvalue weighted by atomic mass is 10.0. The first-order valence-electron chi connectivity index (χ1n) is 7.49. The Balaban J connectivity index is 2.16. The van der Waals surface area contributed by atoms with Crippen molar-refractivity contribution >= 4 is 0 Å². The summed E-state index contributed by atoms with van der Waals surface area (Å²) < 4.78 is 1.94. The highest BCUT2D eigenvalue weighted by atomic mass is 16.3. The van der Waals surface area contributed by atoms with Crippen LogP contribution in [0.15, 0.2) is 24.3 Å². The first kappa shape index (κ1) is 15.7. The zero-order valence-electron chi connectivity index (χ0n) is 13.3. The topological polar surface area (TPSA) is 50.1 Å². The molecule has 4 heteroatoms. The van der Waals surface area contributed by atoms with E-state index in [0.717, 1.165) is 29.8 Å². The van der Waals surface area contributed by atoms with E-state index in [9.17, 15) is 5.11 Å². The van der Waals surface area contributed by atoms with Gasteiger partial charge in [-0.1, -0.05) is 31.2 Å². The molecular formula is C17H25N3O. The van der Waals surface area contributed by atoms with Crippen LogP contribution in [0.1, 0.15) is 47.5 Å². The lowest BCUT2D eigenvalue weighted by Gasteiger charge is -2.19. The fourth-order valence-electron chi connectivity index (χ4n) is 2.86. The molecule has 0 aliphatic carbocycles. The number of rotatable bonds is 6. The molecule has 21 heavy (non-hydrogen) atoms. The Morgan fingerprint density at radius 1 is 1.24 bits per heavy atom. The Hall–Kier alpha value is -1.65. The van der Waals surface area contributed by atoms with Crippen molar-refractivity contribution in [2.45, 2.75) is 46.4 Å². The zero-order valence-corrected chi connectivity index (χ0v) is 13.3. The zero-order chi connectivity index (χ0) is 15.4. The molecule has 0 saturated heterocycles. The normalized spacial score (nSPS) is 12.6. The van der Waals surface area contributed by atoms with Crippen molar-refractivity contribution < 1.29 is 5.11 Å². The van der Waals surface area contributed by atoms with Crippen molar-refractivity contribution in [1.82, 2.24) is 15.1 Å². The second-order valence-corrected chi connectivity index (χ2v) is 5.48. The van der Waals surface area contributed by atoms with E-state index in [1.807, 2.05) is 29.9 Å². The fraction of sp³-hybridized carbons (Fsp3) is 0.471. The standard InChI is InChI=1S/C17H25N3O/c1-5-16(17-12(2)19-20(4)13(17)3)18-10-14-8-6-7-9-15(14)11-21/h6-9,16,18,21H,5,10-11H2,1-4H3. The quantitative estimate of drug-likeness (QED) is 0.859. The summed E-state index contributed by atoms with van der Waals surface area (Å²) in [7, 11) is 1.99. The van der Waals surface area contributed by atoms with Gasteiger partial charge in [0.2, 0.25) is 0 Å². The maximum absolute atomic E-state index is 9.41. The number of aliphatic hydroxyl groups excluding tert-OH is 1. The number of aromatic nitrogens is 2. The molecule has 0 fully saturated rings. The van der Waals surface area contributed by atoms with Crippen molar-refractivity contribution in [3.05, 3.63) is 52.3 Å². The van der Waals surface area contributed by atoms with Crippen molar-refractivity contribution in [1.29, 1.82) is 0 Å². The minimum Gasteiger partial charge on any atom is -0.392 e. The van der Waals surface area contributed by atoms with Crippen LogP contribution in [-0.2, 0) is 20.2 Å². The molecule has 1 atom stereocenters. The highest BCUT2D eigenvalue weighted by Crippen LogP contribution is 2.24. The van der Waals surface area contributed by atoms with Gasteiger partial charge in [-0.05, 0) is 31.4 Å². The van der Waals surface area contributed by atoms with Gasteiger partial charge in [0.15, 0.2) is 0 Å². The summed E-state index contributed by atoms with van der Waals surface area (Å²) >= 11 is 0. The van der Waals surface area contributed by atoms with Gasteiger partial charge in [-0.25, -0.2) is 0 Å². The van der Waals surface area contributed by atoms with Crippen LogP contribution in [0, 0.1) is 13.8 Å². The van der Waals surface area contributed by atoms with E-state index in [0.29, 0.717) is 0 Å². The maximum atomic E-state index is 9.41. The van der Waals surface area contributed by atoms with Gasteiger partial charge in [-0.2, -0.15) is 5.10 Å². The summed E-state index contributed by atoms with van der Waals surface area (Å²) in [6.45, 7) is 7.19. The van der Waals surface area contributed by atoms with Crippen LogP contribution >= 0.6 is 0 Å². The van der Waals surface area contributed by atoms with Gasteiger partial charge in [0, 0.05) is 30.9 Å². The number of hydrogen-bond donors (Lipinski definition) is 2. The molecule has 0 bridgehead atoms. The molecule has 2 aromatic rings. The van der Waals surface area contributed by atoms with E-state index in [1.165, 1.54) is 11.3 Å². The number of nitrogens with one attached hydrogen (secondary N) is 1. The van der Waals surface area contributed by atoms with Gasteiger partial charge in [0.25, 0.3) is 0 Å². The summed E-state index contributed by atoms with van der Waals surface area (Å²) in [6, 6.07) is 8.29. The third-order valence-corrected chi connectivity index (χ3v) is 4.15. The third-order valence-electron chi connectivity index (χ3n) is 4.15. The highest BCUT2D eigenvalue weighted by Gasteiger charge is 2.18. The van der Waals surface area contributed by atoms with Gasteiger partial charge < -0.3 is 10.4 Å². The third kappa shape index (κ3) is 3.34. The lowest BCUT2D eigenvalue weighted by Crippen LogP contribution is -2.22. The molecule has 0 amide bonds. The summed E-state index contributed by atoms with van der Waals surface area (Å²) in [5, 5.41) is 17.5. The van der Waals surface area contributed by atoms with Crippen LogP contribution in [-0.4, -0.2) is 14.9 Å². The second kappa shape index (κ2) is 6.87. The molecule has 0 spiro atoms. The summed E-state index contributed by atoms with van der Waals surface area (Å²) in [5.41, 5.74) is 5.73. The number of aliphatic hydroxyl groups is 1. The van der Waals surface area contributed by atoms with Crippen molar-refractivity contribution in [3.8, 4) is 0 Å². The van der Waals surface area contributed by atoms with E-state index in [4.69, 9.17) is 0 Å². The van der Waals surface area contributed by atoms with Crippen LogP contribution in [0.5, 0.6) is 0 Å². The second-order valence-electron chi connectivity index (χ2n) is 5.48. The number of aryl methyl sites for hydroxylation is 2. The molecule has 2 N–H and O–H groups in total. The Kier molecular flexibility index (Phi) is 5.15. The molecule has 0 aliphatic rings. The Morgan fingerprint density at radius 2 is 1.90 bits per heavy atom. The predicted molar refractivity (Wildman–Crippen MR) is 84.9 cm³/mol. The number of benzene rings is 1. The first-order chi connectivity index (χ1) is 10.1. The summed E-state index contributed by atoms with van der Waals surface area (Å²) in [4.78, 5) is 0. The average Bonchev–Trinajstić information content (AvgIpc) is 2.74. The lowest BCUT2D eigenvalue weighted by molar-refractivity contribution is 0.280. The Labute approximate surface area is 126 Å². The molecule has 1 unspecified atom stereocenters. The maximum Gasteiger partial charge on any atom is 0.0685 e. The highest BCUT2D eigenvalue weighted by molar-refractivity contribution is 5.30. The number of nitrogens with zero attached hydrogens (tertiary/aromatic N) is 2. The van der Waals surface area contributed by atoms with Crippen molar-refractivity contribution in [3.63, 3.8) is 0 Å². The fourth-order valence-corrected chi connectivity index (χ4v) is 2.86. The summed E-state index contributed by atoms with van der Waals surface area (Å²) in [6.07, 6.45) is 1.01. The van der Waals surface area contributed by atoms with E-state index in [2.05, 4.69) is 37.3 Å². The average molecular weight is 287 g/mol. The van der Waals surface area contributed by atoms with Crippen LogP contribution in [0.3, 0.4) is 0 Å². The van der Waals surface area contributed by atoms with Gasteiger partial charge >= 0.3 is 0 Å². The van der Waals surface area contributed by atoms with E-state index < -0.39 is 0 Å². The van der Waals surface area contributed by atoms with Crippen LogP contribution < -0.4 is 5.32 Å². The van der Waals surface area contributed by atoms with Gasteiger partial charge in [0.05, 0.1) is 12.3 Å². The molecule has 0 radical (unpaired) electrons. The van der Waals surface area contributed by atoms with Crippen LogP contribution in [0.25, 0.3) is 0 Å². The smallest absolute Gasteiger partial charge is 0.0685 e. The van der Waals surface area contributed by atoms with Crippen molar-refractivity contribution in [2.75, 3.05) is 0 Å². The first-order valence-corrected chi connectivity index (χ1v) is 7.49. The minimum atomic E-state index is 0.0829. The van der Waals surface area contributed by atoms with Gasteiger partial charge in [-0.15, -0.1) is 0 Å². The summed E-state index contributed by atoms with van der Waals surface area (Å²) in [5.74, 6) is 0. The molecule has 1 aromatic carbocycles. The minimum absolute atomic E-state index is 0.0829.